The standard InChI is InChI=1S/C25H30O/c1-3-4-5-6-20-7-9-22(10-8-20)24-15-17-25(18-16-24)23-13-11-21(12-14-23)19(2)26/h3,11-18,20,22H,1,4-10H2,2H3. The van der Waals surface area contributed by atoms with Crippen molar-refractivity contribution < 1.29 is 4.79 Å². The highest BCUT2D eigenvalue weighted by Gasteiger charge is 2.21. The average molecular weight is 347 g/mol. The Hall–Kier alpha value is -2.15. The van der Waals surface area contributed by atoms with Crippen LogP contribution in [0.3, 0.4) is 0 Å². The van der Waals surface area contributed by atoms with Crippen LogP contribution in [0.25, 0.3) is 11.1 Å². The van der Waals surface area contributed by atoms with Gasteiger partial charge >= 0.3 is 0 Å². The molecule has 1 heteroatoms. The van der Waals surface area contributed by atoms with E-state index in [9.17, 15) is 4.79 Å². The Bertz CT molecular complexity index is 716. The van der Waals surface area contributed by atoms with Gasteiger partial charge in [-0.25, -0.2) is 0 Å². The van der Waals surface area contributed by atoms with Crippen LogP contribution in [0, 0.1) is 5.92 Å². The first-order chi connectivity index (χ1) is 12.7. The third-order valence-electron chi connectivity index (χ3n) is 5.87. The fourth-order valence-corrected chi connectivity index (χ4v) is 4.18. The molecule has 136 valence electrons. The van der Waals surface area contributed by atoms with E-state index in [-0.39, 0.29) is 5.78 Å². The van der Waals surface area contributed by atoms with Crippen molar-refractivity contribution in [2.45, 2.75) is 57.8 Å². The average Bonchev–Trinajstić information content (AvgIpc) is 2.69. The van der Waals surface area contributed by atoms with Gasteiger partial charge in [0.15, 0.2) is 5.78 Å². The number of hydrogen-bond acceptors (Lipinski definition) is 1. The van der Waals surface area contributed by atoms with E-state index in [0.29, 0.717) is 0 Å². The second-order valence-electron chi connectivity index (χ2n) is 7.69. The van der Waals surface area contributed by atoms with Gasteiger partial charge in [0.25, 0.3) is 0 Å². The normalized spacial score (nSPS) is 19.9. The molecule has 1 aliphatic rings. The molecule has 1 fully saturated rings. The molecule has 0 amide bonds. The minimum Gasteiger partial charge on any atom is -0.295 e. The van der Waals surface area contributed by atoms with E-state index in [1.807, 2.05) is 30.3 Å². The van der Waals surface area contributed by atoms with Gasteiger partial charge in [-0.3, -0.25) is 4.79 Å². The summed E-state index contributed by atoms with van der Waals surface area (Å²) in [5.74, 6) is 1.76. The third-order valence-corrected chi connectivity index (χ3v) is 5.87. The summed E-state index contributed by atoms with van der Waals surface area (Å²) in [6, 6.07) is 17.0. The van der Waals surface area contributed by atoms with Crippen LogP contribution >= 0.6 is 0 Å². The van der Waals surface area contributed by atoms with E-state index in [1.54, 1.807) is 6.92 Å². The molecule has 0 N–H and O–H groups in total. The Morgan fingerprint density at radius 1 is 0.962 bits per heavy atom. The number of hydrogen-bond donors (Lipinski definition) is 0. The lowest BCUT2D eigenvalue weighted by molar-refractivity contribution is 0.101. The van der Waals surface area contributed by atoms with Crippen LogP contribution in [-0.2, 0) is 0 Å². The molecule has 1 nitrogen and oxygen atoms in total. The molecule has 26 heavy (non-hydrogen) atoms. The first-order valence-electron chi connectivity index (χ1n) is 9.99. The fourth-order valence-electron chi connectivity index (χ4n) is 4.18. The van der Waals surface area contributed by atoms with Crippen LogP contribution in [0.5, 0.6) is 0 Å². The molecule has 1 saturated carbocycles. The second kappa shape index (κ2) is 8.98. The van der Waals surface area contributed by atoms with E-state index in [1.165, 1.54) is 55.2 Å². The third kappa shape index (κ3) is 4.72. The summed E-state index contributed by atoms with van der Waals surface area (Å²) in [6.45, 7) is 5.43. The highest BCUT2D eigenvalue weighted by Crippen LogP contribution is 2.38. The highest BCUT2D eigenvalue weighted by atomic mass is 16.1. The van der Waals surface area contributed by atoms with Crippen LogP contribution in [0.15, 0.2) is 61.2 Å². The number of benzene rings is 2. The van der Waals surface area contributed by atoms with Crippen LogP contribution < -0.4 is 0 Å². The molecule has 0 atom stereocenters. The number of rotatable bonds is 7. The van der Waals surface area contributed by atoms with Crippen molar-refractivity contribution in [3.8, 4) is 11.1 Å². The van der Waals surface area contributed by atoms with Gasteiger partial charge in [0.05, 0.1) is 0 Å². The zero-order valence-corrected chi connectivity index (χ0v) is 15.9. The molecule has 0 aromatic heterocycles. The number of Topliss-reactive ketones (excluding diaryl/α,β-unsaturated/α-hetero) is 1. The van der Waals surface area contributed by atoms with Crippen molar-refractivity contribution in [2.75, 3.05) is 0 Å². The number of allylic oxidation sites excluding steroid dienone is 1. The minimum atomic E-state index is 0.118. The first kappa shape index (κ1) is 18.6. The van der Waals surface area contributed by atoms with Crippen molar-refractivity contribution in [2.24, 2.45) is 5.92 Å². The van der Waals surface area contributed by atoms with Crippen LogP contribution in [0.2, 0.25) is 0 Å². The quantitative estimate of drug-likeness (QED) is 0.294. The van der Waals surface area contributed by atoms with Gasteiger partial charge in [0.2, 0.25) is 0 Å². The SMILES string of the molecule is C=CCCCC1CCC(c2ccc(-c3ccc(C(C)=O)cc3)cc2)CC1. The Kier molecular flexibility index (Phi) is 6.44. The summed E-state index contributed by atoms with van der Waals surface area (Å²) in [5.41, 5.74) is 4.66. The lowest BCUT2D eigenvalue weighted by Gasteiger charge is -2.29. The molecule has 0 aliphatic heterocycles. The fraction of sp³-hybridized carbons (Fsp3) is 0.400. The van der Waals surface area contributed by atoms with Crippen molar-refractivity contribution in [3.63, 3.8) is 0 Å². The summed E-state index contributed by atoms with van der Waals surface area (Å²) in [7, 11) is 0. The van der Waals surface area contributed by atoms with Crippen molar-refractivity contribution in [1.29, 1.82) is 0 Å². The molecule has 2 aromatic rings. The van der Waals surface area contributed by atoms with Crippen LogP contribution in [-0.4, -0.2) is 5.78 Å². The summed E-state index contributed by atoms with van der Waals surface area (Å²) in [4.78, 5) is 11.4. The smallest absolute Gasteiger partial charge is 0.159 e. The van der Waals surface area contributed by atoms with Gasteiger partial charge in [-0.1, -0.05) is 61.0 Å². The zero-order chi connectivity index (χ0) is 18.4. The van der Waals surface area contributed by atoms with Crippen LogP contribution in [0.4, 0.5) is 0 Å². The molecule has 0 radical (unpaired) electrons. The maximum atomic E-state index is 11.4. The molecule has 0 saturated heterocycles. The molecule has 1 aliphatic carbocycles. The maximum Gasteiger partial charge on any atom is 0.159 e. The zero-order valence-electron chi connectivity index (χ0n) is 15.9. The van der Waals surface area contributed by atoms with E-state index in [2.05, 4.69) is 30.8 Å². The molecule has 0 heterocycles. The Morgan fingerprint density at radius 2 is 1.54 bits per heavy atom. The molecule has 3 rings (SSSR count). The van der Waals surface area contributed by atoms with Crippen LogP contribution in [0.1, 0.15) is 73.7 Å². The van der Waals surface area contributed by atoms with E-state index < -0.39 is 0 Å². The van der Waals surface area contributed by atoms with E-state index in [4.69, 9.17) is 0 Å². The van der Waals surface area contributed by atoms with Gasteiger partial charge < -0.3 is 0 Å². The predicted octanol–water partition coefficient (Wildman–Crippen LogP) is 7.19. The topological polar surface area (TPSA) is 17.1 Å². The van der Waals surface area contributed by atoms with Gasteiger partial charge in [-0.15, -0.1) is 6.58 Å². The summed E-state index contributed by atoms with van der Waals surface area (Å²) >= 11 is 0. The van der Waals surface area contributed by atoms with Gasteiger partial charge in [0, 0.05) is 5.56 Å². The lowest BCUT2D eigenvalue weighted by Crippen LogP contribution is -2.13. The van der Waals surface area contributed by atoms with Crippen molar-refractivity contribution in [1.82, 2.24) is 0 Å². The number of ketones is 1. The van der Waals surface area contributed by atoms with Crippen molar-refractivity contribution in [3.05, 3.63) is 72.3 Å². The first-order valence-corrected chi connectivity index (χ1v) is 9.99. The Balaban J connectivity index is 1.58. The number of carbonyl (C=O) groups is 1. The van der Waals surface area contributed by atoms with E-state index >= 15 is 0 Å². The predicted molar refractivity (Wildman–Crippen MR) is 111 cm³/mol. The number of carbonyl (C=O) groups excluding carboxylic acids is 1. The van der Waals surface area contributed by atoms with E-state index in [0.717, 1.165) is 23.8 Å². The molecule has 2 aromatic carbocycles. The summed E-state index contributed by atoms with van der Waals surface area (Å²) < 4.78 is 0. The van der Waals surface area contributed by atoms with Gasteiger partial charge in [0.1, 0.15) is 0 Å². The Labute approximate surface area is 158 Å². The summed E-state index contributed by atoms with van der Waals surface area (Å²) in [6.07, 6.45) is 11.3. The number of unbranched alkanes of at least 4 members (excludes halogenated alkanes) is 1. The monoisotopic (exact) mass is 346 g/mol. The lowest BCUT2D eigenvalue weighted by atomic mass is 9.77. The molecular weight excluding hydrogens is 316 g/mol. The highest BCUT2D eigenvalue weighted by molar-refractivity contribution is 5.94. The largest absolute Gasteiger partial charge is 0.295 e. The molecular formula is C25H30O. The van der Waals surface area contributed by atoms with Gasteiger partial charge in [-0.05, 0) is 74.0 Å². The molecule has 0 spiro atoms. The summed E-state index contributed by atoms with van der Waals surface area (Å²) in [5, 5.41) is 0. The molecule has 0 unspecified atom stereocenters. The Morgan fingerprint density at radius 3 is 2.08 bits per heavy atom. The maximum absolute atomic E-state index is 11.4. The second-order valence-corrected chi connectivity index (χ2v) is 7.69. The van der Waals surface area contributed by atoms with Gasteiger partial charge in [-0.2, -0.15) is 0 Å². The molecule has 0 bridgehead atoms. The van der Waals surface area contributed by atoms with Crippen molar-refractivity contribution >= 4 is 5.78 Å². The minimum absolute atomic E-state index is 0.118.